The Balaban J connectivity index is 1.08. The molecule has 41 heavy (non-hydrogen) atoms. The van der Waals surface area contributed by atoms with Crippen LogP contribution in [0.4, 0.5) is 0 Å². The minimum atomic E-state index is -0.123. The lowest BCUT2D eigenvalue weighted by atomic mass is 9.82. The highest BCUT2D eigenvalue weighted by Crippen LogP contribution is 2.35. The maximum absolute atomic E-state index is 13.4. The summed E-state index contributed by atoms with van der Waals surface area (Å²) in [6.07, 6.45) is 2.15. The lowest BCUT2D eigenvalue weighted by Crippen LogP contribution is -2.48. The Morgan fingerprint density at radius 1 is 1.05 bits per heavy atom. The van der Waals surface area contributed by atoms with E-state index in [1.54, 1.807) is 0 Å². The van der Waals surface area contributed by atoms with E-state index in [9.17, 15) is 4.79 Å². The number of hydrogen-bond donors (Lipinski definition) is 1. The number of fused-ring (bicyclic) bond motifs is 2. The van der Waals surface area contributed by atoms with E-state index in [4.69, 9.17) is 14.2 Å². The van der Waals surface area contributed by atoms with Crippen molar-refractivity contribution in [2.75, 3.05) is 32.9 Å². The number of nitrogens with one attached hydrogen (secondary N) is 1. The van der Waals surface area contributed by atoms with E-state index < -0.39 is 0 Å². The van der Waals surface area contributed by atoms with E-state index in [2.05, 4.69) is 60.2 Å². The van der Waals surface area contributed by atoms with Gasteiger partial charge in [0.1, 0.15) is 30.0 Å². The van der Waals surface area contributed by atoms with Crippen molar-refractivity contribution in [3.05, 3.63) is 77.6 Å². The summed E-state index contributed by atoms with van der Waals surface area (Å²) in [5, 5.41) is 0. The van der Waals surface area contributed by atoms with Crippen LogP contribution in [0.25, 0.3) is 22.2 Å². The van der Waals surface area contributed by atoms with Crippen LogP contribution in [0.15, 0.2) is 60.7 Å². The molecule has 2 aliphatic heterocycles. The molecule has 4 aromatic rings. The van der Waals surface area contributed by atoms with Crippen molar-refractivity contribution in [3.8, 4) is 22.6 Å². The molecule has 3 aromatic carbocycles. The molecule has 3 unspecified atom stereocenters. The Labute approximate surface area is 241 Å². The number of rotatable bonds is 6. The van der Waals surface area contributed by atoms with Crippen LogP contribution in [0.3, 0.4) is 0 Å². The molecule has 0 bridgehead atoms. The Kier molecular flexibility index (Phi) is 7.97. The lowest BCUT2D eigenvalue weighted by Gasteiger charge is -2.35. The van der Waals surface area contributed by atoms with Crippen molar-refractivity contribution in [3.63, 3.8) is 0 Å². The van der Waals surface area contributed by atoms with Gasteiger partial charge in [-0.3, -0.25) is 4.79 Å². The zero-order chi connectivity index (χ0) is 28.3. The topological polar surface area (TPSA) is 76.7 Å². The van der Waals surface area contributed by atoms with Crippen LogP contribution in [0.5, 0.6) is 11.5 Å². The molecule has 7 heteroatoms. The van der Waals surface area contributed by atoms with Crippen LogP contribution in [0, 0.1) is 25.7 Å². The molecule has 1 N–H and O–H groups in total. The molecule has 1 fully saturated rings. The number of ether oxygens (including phenoxy) is 3. The fourth-order valence-corrected chi connectivity index (χ4v) is 6.02. The molecule has 1 saturated heterocycles. The highest BCUT2D eigenvalue weighted by molar-refractivity contribution is 5.82. The van der Waals surface area contributed by atoms with Gasteiger partial charge in [-0.15, -0.1) is 0 Å². The summed E-state index contributed by atoms with van der Waals surface area (Å²) in [4.78, 5) is 23.3. The average Bonchev–Trinajstić information content (AvgIpc) is 3.35. The zero-order valence-corrected chi connectivity index (χ0v) is 24.2. The second-order valence-electron chi connectivity index (χ2n) is 11.6. The van der Waals surface area contributed by atoms with Crippen LogP contribution in [0.1, 0.15) is 36.7 Å². The minimum absolute atomic E-state index is 0.123. The molecule has 0 radical (unpaired) electrons. The molecular formula is C34H39N3O4. The predicted molar refractivity (Wildman–Crippen MR) is 160 cm³/mol. The van der Waals surface area contributed by atoms with Crippen molar-refractivity contribution in [1.82, 2.24) is 14.9 Å². The zero-order valence-electron chi connectivity index (χ0n) is 24.2. The first-order chi connectivity index (χ1) is 19.9. The summed E-state index contributed by atoms with van der Waals surface area (Å²) in [7, 11) is 0. The fraction of sp³-hybridized carbons (Fsp3) is 0.412. The van der Waals surface area contributed by atoms with Crippen molar-refractivity contribution < 1.29 is 19.0 Å². The molecular weight excluding hydrogens is 514 g/mol. The van der Waals surface area contributed by atoms with Gasteiger partial charge in [-0.05, 0) is 91.6 Å². The number of aromatic amines is 1. The first-order valence-corrected chi connectivity index (χ1v) is 14.7. The van der Waals surface area contributed by atoms with Crippen molar-refractivity contribution in [2.45, 2.75) is 46.1 Å². The second-order valence-corrected chi connectivity index (χ2v) is 11.6. The van der Waals surface area contributed by atoms with Crippen LogP contribution >= 0.6 is 0 Å². The van der Waals surface area contributed by atoms with Gasteiger partial charge in [0.25, 0.3) is 0 Å². The number of benzene rings is 3. The van der Waals surface area contributed by atoms with Crippen LogP contribution < -0.4 is 9.47 Å². The number of amides is 1. The fourth-order valence-electron chi connectivity index (χ4n) is 6.02. The first-order valence-electron chi connectivity index (χ1n) is 14.7. The van der Waals surface area contributed by atoms with Crippen LogP contribution in [-0.4, -0.2) is 59.8 Å². The Morgan fingerprint density at radius 2 is 1.85 bits per heavy atom. The van der Waals surface area contributed by atoms with Gasteiger partial charge in [-0.1, -0.05) is 36.8 Å². The largest absolute Gasteiger partial charge is 0.493 e. The normalized spacial score (nSPS) is 21.0. The predicted octanol–water partition coefficient (Wildman–Crippen LogP) is 6.12. The summed E-state index contributed by atoms with van der Waals surface area (Å²) in [6.45, 7) is 9.09. The van der Waals surface area contributed by atoms with E-state index in [0.29, 0.717) is 45.2 Å². The van der Waals surface area contributed by atoms with Gasteiger partial charge in [0.05, 0.1) is 30.8 Å². The molecule has 1 aromatic heterocycles. The molecule has 1 amide bonds. The second kappa shape index (κ2) is 12.0. The number of aromatic nitrogens is 2. The molecule has 3 heterocycles. The lowest BCUT2D eigenvalue weighted by molar-refractivity contribution is -0.141. The molecule has 0 spiro atoms. The highest BCUT2D eigenvalue weighted by atomic mass is 16.5. The number of nitrogens with zero attached hydrogens (tertiary/aromatic N) is 2. The number of carbonyl (C=O) groups excluding carboxylic acids is 1. The van der Waals surface area contributed by atoms with E-state index in [0.717, 1.165) is 52.3 Å². The Bertz CT molecular complexity index is 1510. The smallest absolute Gasteiger partial charge is 0.223 e. The van der Waals surface area contributed by atoms with Gasteiger partial charge in [0, 0.05) is 13.0 Å². The molecule has 6 rings (SSSR count). The van der Waals surface area contributed by atoms with Crippen molar-refractivity contribution >= 4 is 16.9 Å². The standard InChI is InChI=1S/C34H39N3O4/c1-22-4-8-29(9-5-22)41-21-30-20-37(13-15-39-30)34(38)19-25-12-14-40-33-11-7-26(17-28(33)16-23(25)2)27-6-10-31-32(18-27)36-24(3)35-31/h4-11,17-18,23,25,30H,12-16,19-21H2,1-3H3,(H,35,36). The van der Waals surface area contributed by atoms with Crippen molar-refractivity contribution in [2.24, 2.45) is 11.8 Å². The number of morpholine rings is 1. The quantitative estimate of drug-likeness (QED) is 0.311. The van der Waals surface area contributed by atoms with Gasteiger partial charge in [-0.25, -0.2) is 4.98 Å². The number of H-pyrrole nitrogens is 1. The SMILES string of the molecule is Cc1ccc(OCC2CN(C(=O)CC3CCOc4ccc(-c5ccc6nc(C)[nH]c6c5)cc4CC3C)CCO2)cc1. The van der Waals surface area contributed by atoms with Gasteiger partial charge in [-0.2, -0.15) is 0 Å². The van der Waals surface area contributed by atoms with Gasteiger partial charge < -0.3 is 24.1 Å². The van der Waals surface area contributed by atoms with E-state index in [1.807, 2.05) is 36.1 Å². The Hall–Kier alpha value is -3.84. The van der Waals surface area contributed by atoms with E-state index >= 15 is 0 Å². The molecule has 0 saturated carbocycles. The maximum Gasteiger partial charge on any atom is 0.223 e. The van der Waals surface area contributed by atoms with Crippen molar-refractivity contribution in [1.29, 1.82) is 0 Å². The first kappa shape index (κ1) is 27.3. The molecule has 2 aliphatic rings. The molecule has 3 atom stereocenters. The van der Waals surface area contributed by atoms with Gasteiger partial charge in [0.2, 0.25) is 5.91 Å². The van der Waals surface area contributed by atoms with E-state index in [1.165, 1.54) is 11.1 Å². The van der Waals surface area contributed by atoms with E-state index in [-0.39, 0.29) is 17.9 Å². The minimum Gasteiger partial charge on any atom is -0.493 e. The molecule has 214 valence electrons. The third-order valence-electron chi connectivity index (χ3n) is 8.47. The van der Waals surface area contributed by atoms with Gasteiger partial charge in [0.15, 0.2) is 0 Å². The van der Waals surface area contributed by atoms with Crippen LogP contribution in [-0.2, 0) is 16.0 Å². The number of imidazole rings is 1. The maximum atomic E-state index is 13.4. The number of hydrogen-bond acceptors (Lipinski definition) is 5. The van der Waals surface area contributed by atoms with Crippen LogP contribution in [0.2, 0.25) is 0 Å². The third kappa shape index (κ3) is 6.41. The number of carbonyl (C=O) groups is 1. The number of aryl methyl sites for hydroxylation is 2. The Morgan fingerprint density at radius 3 is 2.71 bits per heavy atom. The summed E-state index contributed by atoms with van der Waals surface area (Å²) < 4.78 is 18.1. The average molecular weight is 554 g/mol. The molecule has 7 nitrogen and oxygen atoms in total. The summed E-state index contributed by atoms with van der Waals surface area (Å²) in [5.41, 5.74) is 6.73. The van der Waals surface area contributed by atoms with Gasteiger partial charge >= 0.3 is 0 Å². The third-order valence-corrected chi connectivity index (χ3v) is 8.47. The monoisotopic (exact) mass is 553 g/mol. The highest BCUT2D eigenvalue weighted by Gasteiger charge is 2.30. The summed E-state index contributed by atoms with van der Waals surface area (Å²) in [5.74, 6) is 3.51. The molecule has 0 aliphatic carbocycles. The summed E-state index contributed by atoms with van der Waals surface area (Å²) >= 11 is 0. The summed E-state index contributed by atoms with van der Waals surface area (Å²) in [6, 6.07) is 20.8.